The molecule has 4 heteroatoms. The standard InChI is InChI=1S/C10H12N2O2/c1-3-8(2)12-7-6-9(11-12)4-5-10(13)14/h6-8H,3H2,1-2H3,(H,13,14)/t8-/m0/s1. The van der Waals surface area contributed by atoms with Crippen LogP contribution in [0.15, 0.2) is 12.3 Å². The average Bonchev–Trinajstić information content (AvgIpc) is 2.62. The molecule has 0 radical (unpaired) electrons. The Morgan fingerprint density at radius 3 is 3.07 bits per heavy atom. The normalized spacial score (nSPS) is 11.6. The summed E-state index contributed by atoms with van der Waals surface area (Å²) in [7, 11) is 0. The van der Waals surface area contributed by atoms with Crippen molar-refractivity contribution in [2.75, 3.05) is 0 Å². The van der Waals surface area contributed by atoms with Gasteiger partial charge >= 0.3 is 5.97 Å². The SMILES string of the molecule is CC[C@H](C)n1ccc(C#CC(=O)O)n1. The predicted octanol–water partition coefficient (Wildman–Crippen LogP) is 1.29. The van der Waals surface area contributed by atoms with Crippen LogP contribution < -0.4 is 0 Å². The minimum Gasteiger partial charge on any atom is -0.472 e. The van der Waals surface area contributed by atoms with Crippen molar-refractivity contribution < 1.29 is 9.90 Å². The summed E-state index contributed by atoms with van der Waals surface area (Å²) in [6.45, 7) is 4.11. The van der Waals surface area contributed by atoms with E-state index in [-0.39, 0.29) is 0 Å². The second-order valence-corrected chi connectivity index (χ2v) is 2.99. The number of carboxylic acid groups (broad SMARTS) is 1. The largest absolute Gasteiger partial charge is 0.472 e. The van der Waals surface area contributed by atoms with Crippen LogP contribution in [0.3, 0.4) is 0 Å². The van der Waals surface area contributed by atoms with Crippen molar-refractivity contribution in [2.24, 2.45) is 0 Å². The van der Waals surface area contributed by atoms with Crippen molar-refractivity contribution in [3.8, 4) is 11.8 Å². The van der Waals surface area contributed by atoms with Gasteiger partial charge in [0.05, 0.1) is 0 Å². The number of aromatic nitrogens is 2. The van der Waals surface area contributed by atoms with Gasteiger partial charge in [-0.25, -0.2) is 4.79 Å². The first kappa shape index (κ1) is 10.3. The Hall–Kier alpha value is -1.76. The summed E-state index contributed by atoms with van der Waals surface area (Å²) in [6.07, 6.45) is 2.79. The molecule has 0 aliphatic carbocycles. The van der Waals surface area contributed by atoms with Crippen molar-refractivity contribution in [1.29, 1.82) is 0 Å². The van der Waals surface area contributed by atoms with Gasteiger partial charge in [-0.2, -0.15) is 5.10 Å². The van der Waals surface area contributed by atoms with Crippen LogP contribution in [0.25, 0.3) is 0 Å². The van der Waals surface area contributed by atoms with Crippen molar-refractivity contribution in [1.82, 2.24) is 9.78 Å². The number of hydrogen-bond donors (Lipinski definition) is 1. The highest BCUT2D eigenvalue weighted by Crippen LogP contribution is 2.08. The van der Waals surface area contributed by atoms with E-state index in [4.69, 9.17) is 5.11 Å². The van der Waals surface area contributed by atoms with Crippen LogP contribution in [0.5, 0.6) is 0 Å². The van der Waals surface area contributed by atoms with Gasteiger partial charge in [-0.15, -0.1) is 0 Å². The maximum Gasteiger partial charge on any atom is 0.382 e. The average molecular weight is 192 g/mol. The zero-order valence-corrected chi connectivity index (χ0v) is 8.19. The lowest BCUT2D eigenvalue weighted by Gasteiger charge is -2.07. The molecule has 1 atom stereocenters. The Balaban J connectivity index is 2.80. The zero-order valence-electron chi connectivity index (χ0n) is 8.19. The fourth-order valence-corrected chi connectivity index (χ4v) is 0.955. The van der Waals surface area contributed by atoms with Crippen LogP contribution in [-0.2, 0) is 4.79 Å². The van der Waals surface area contributed by atoms with Gasteiger partial charge < -0.3 is 5.11 Å². The highest BCUT2D eigenvalue weighted by molar-refractivity contribution is 5.87. The van der Waals surface area contributed by atoms with Gasteiger partial charge in [0.2, 0.25) is 0 Å². The third-order valence-electron chi connectivity index (χ3n) is 1.95. The molecular weight excluding hydrogens is 180 g/mol. The molecule has 14 heavy (non-hydrogen) atoms. The molecule has 0 saturated carbocycles. The van der Waals surface area contributed by atoms with Crippen LogP contribution in [0.4, 0.5) is 0 Å². The van der Waals surface area contributed by atoms with E-state index in [1.54, 1.807) is 16.9 Å². The van der Waals surface area contributed by atoms with Gasteiger partial charge in [0, 0.05) is 18.2 Å². The fourth-order valence-electron chi connectivity index (χ4n) is 0.955. The summed E-state index contributed by atoms with van der Waals surface area (Å²) in [4.78, 5) is 10.2. The van der Waals surface area contributed by atoms with E-state index in [0.717, 1.165) is 6.42 Å². The number of aliphatic carboxylic acids is 1. The Labute approximate surface area is 82.5 Å². The molecule has 0 aliphatic heterocycles. The van der Waals surface area contributed by atoms with Crippen molar-refractivity contribution >= 4 is 5.97 Å². The first-order valence-electron chi connectivity index (χ1n) is 4.43. The molecule has 1 aromatic rings. The lowest BCUT2D eigenvalue weighted by atomic mass is 10.3. The molecule has 0 unspecified atom stereocenters. The minimum atomic E-state index is -1.14. The third-order valence-corrected chi connectivity index (χ3v) is 1.95. The molecule has 0 bridgehead atoms. The first-order valence-corrected chi connectivity index (χ1v) is 4.43. The van der Waals surface area contributed by atoms with Gasteiger partial charge in [-0.05, 0) is 25.3 Å². The molecule has 1 N–H and O–H groups in total. The van der Waals surface area contributed by atoms with Gasteiger partial charge in [-0.3, -0.25) is 4.68 Å². The summed E-state index contributed by atoms with van der Waals surface area (Å²) in [5.41, 5.74) is 0.493. The van der Waals surface area contributed by atoms with Crippen molar-refractivity contribution in [3.05, 3.63) is 18.0 Å². The van der Waals surface area contributed by atoms with Crippen molar-refractivity contribution in [3.63, 3.8) is 0 Å². The van der Waals surface area contributed by atoms with E-state index in [1.165, 1.54) is 0 Å². The predicted molar refractivity (Wildman–Crippen MR) is 51.7 cm³/mol. The second kappa shape index (κ2) is 4.47. The van der Waals surface area contributed by atoms with Crippen LogP contribution >= 0.6 is 0 Å². The van der Waals surface area contributed by atoms with Crippen LogP contribution in [0.1, 0.15) is 32.0 Å². The van der Waals surface area contributed by atoms with Crippen molar-refractivity contribution in [2.45, 2.75) is 26.3 Å². The molecular formula is C10H12N2O2. The molecule has 1 rings (SSSR count). The molecule has 4 nitrogen and oxygen atoms in total. The fraction of sp³-hybridized carbons (Fsp3) is 0.400. The smallest absolute Gasteiger partial charge is 0.382 e. The minimum absolute atomic E-state index is 0.315. The highest BCUT2D eigenvalue weighted by atomic mass is 16.4. The van der Waals surface area contributed by atoms with Gasteiger partial charge in [0.15, 0.2) is 0 Å². The molecule has 1 aromatic heterocycles. The Kier molecular flexibility index (Phi) is 3.29. The monoisotopic (exact) mass is 192 g/mol. The molecule has 1 heterocycles. The summed E-state index contributed by atoms with van der Waals surface area (Å²) in [6, 6.07) is 2.03. The van der Waals surface area contributed by atoms with Crippen LogP contribution in [0.2, 0.25) is 0 Å². The number of nitrogens with zero attached hydrogens (tertiary/aromatic N) is 2. The van der Waals surface area contributed by atoms with E-state index >= 15 is 0 Å². The van der Waals surface area contributed by atoms with Crippen LogP contribution in [0, 0.1) is 11.8 Å². The Bertz CT molecular complexity index is 384. The molecule has 0 fully saturated rings. The van der Waals surface area contributed by atoms with Crippen LogP contribution in [-0.4, -0.2) is 20.9 Å². The molecule has 0 amide bonds. The summed E-state index contributed by atoms with van der Waals surface area (Å²) in [5, 5.41) is 12.5. The van der Waals surface area contributed by atoms with E-state index in [0.29, 0.717) is 11.7 Å². The molecule has 0 saturated heterocycles. The topological polar surface area (TPSA) is 55.1 Å². The number of hydrogen-bond acceptors (Lipinski definition) is 2. The zero-order chi connectivity index (χ0) is 10.6. The maximum absolute atomic E-state index is 10.2. The lowest BCUT2D eigenvalue weighted by Crippen LogP contribution is -2.04. The summed E-state index contributed by atoms with van der Waals surface area (Å²) in [5.74, 6) is 3.35. The number of carboxylic acids is 1. The Morgan fingerprint density at radius 2 is 2.50 bits per heavy atom. The molecule has 0 spiro atoms. The first-order chi connectivity index (χ1) is 6.63. The van der Waals surface area contributed by atoms with E-state index in [2.05, 4.69) is 17.9 Å². The highest BCUT2D eigenvalue weighted by Gasteiger charge is 2.02. The Morgan fingerprint density at radius 1 is 1.79 bits per heavy atom. The van der Waals surface area contributed by atoms with Gasteiger partial charge in [-0.1, -0.05) is 6.92 Å². The lowest BCUT2D eigenvalue weighted by molar-refractivity contribution is -0.130. The number of rotatable bonds is 2. The summed E-state index contributed by atoms with van der Waals surface area (Å²) >= 11 is 0. The number of carbonyl (C=O) groups is 1. The van der Waals surface area contributed by atoms with E-state index < -0.39 is 5.97 Å². The van der Waals surface area contributed by atoms with E-state index in [1.807, 2.05) is 12.8 Å². The van der Waals surface area contributed by atoms with E-state index in [9.17, 15) is 4.79 Å². The van der Waals surface area contributed by atoms with Gasteiger partial charge in [0.25, 0.3) is 0 Å². The quantitative estimate of drug-likeness (QED) is 0.718. The molecule has 74 valence electrons. The van der Waals surface area contributed by atoms with Gasteiger partial charge in [0.1, 0.15) is 5.69 Å². The molecule has 0 aromatic carbocycles. The maximum atomic E-state index is 10.2. The molecule has 0 aliphatic rings. The third kappa shape index (κ3) is 2.63. The summed E-state index contributed by atoms with van der Waals surface area (Å²) < 4.78 is 1.78. The second-order valence-electron chi connectivity index (χ2n) is 2.99.